The molecular weight excluding hydrogens is 578 g/mol. The van der Waals surface area contributed by atoms with Gasteiger partial charge in [-0.1, -0.05) is 61.8 Å². The minimum atomic E-state index is -1.57. The lowest BCUT2D eigenvalue weighted by Crippen LogP contribution is -2.57. The lowest BCUT2D eigenvalue weighted by atomic mass is 9.96. The zero-order valence-corrected chi connectivity index (χ0v) is 27.8. The lowest BCUT2D eigenvalue weighted by Gasteiger charge is -2.37. The molecule has 7 atom stereocenters. The maximum absolute atomic E-state index is 13.8. The standard InChI is InChI=1S/C30H51N3O11/c1-12-18(8)21-30(41)44-23(16(4)5)26(37)32(10)19(13-34)28(39)42-22(15(2)3)25(36)31(9)20(14-35)29(40)43-24(17(6)7)27(38)33(21)11/h15-24,34-35H,12-14H2,1-11H3/t18-,19-,20-,21-,22+,23+,24+/m0/s1. The zero-order valence-electron chi connectivity index (χ0n) is 27.8. The highest BCUT2D eigenvalue weighted by Gasteiger charge is 2.44. The monoisotopic (exact) mass is 629 g/mol. The number of hydrogen-bond acceptors (Lipinski definition) is 11. The largest absolute Gasteiger partial charge is 0.450 e. The van der Waals surface area contributed by atoms with E-state index in [0.717, 1.165) is 14.7 Å². The van der Waals surface area contributed by atoms with Gasteiger partial charge in [-0.15, -0.1) is 0 Å². The number of carbonyl (C=O) groups is 6. The first-order valence-corrected chi connectivity index (χ1v) is 15.0. The molecule has 0 aromatic heterocycles. The van der Waals surface area contributed by atoms with Gasteiger partial charge < -0.3 is 39.1 Å². The molecule has 0 aromatic carbocycles. The van der Waals surface area contributed by atoms with Crippen molar-refractivity contribution in [2.75, 3.05) is 34.4 Å². The molecule has 0 unspecified atom stereocenters. The molecule has 252 valence electrons. The van der Waals surface area contributed by atoms with Gasteiger partial charge in [-0.3, -0.25) is 14.4 Å². The van der Waals surface area contributed by atoms with Gasteiger partial charge in [0.2, 0.25) is 0 Å². The topological polar surface area (TPSA) is 180 Å². The molecule has 2 N–H and O–H groups in total. The molecule has 1 heterocycles. The van der Waals surface area contributed by atoms with E-state index in [9.17, 15) is 39.0 Å². The number of ether oxygens (including phenoxy) is 3. The second-order valence-electron chi connectivity index (χ2n) is 12.4. The third kappa shape index (κ3) is 8.90. The third-order valence-corrected chi connectivity index (χ3v) is 7.99. The predicted molar refractivity (Wildman–Crippen MR) is 157 cm³/mol. The number of nitrogens with zero attached hydrogens (tertiary/aromatic N) is 3. The molecule has 1 aliphatic heterocycles. The minimum Gasteiger partial charge on any atom is -0.450 e. The highest BCUT2D eigenvalue weighted by Crippen LogP contribution is 2.23. The van der Waals surface area contributed by atoms with Crippen LogP contribution in [-0.4, -0.2) is 131 Å². The van der Waals surface area contributed by atoms with Gasteiger partial charge in [-0.05, 0) is 23.7 Å². The van der Waals surface area contributed by atoms with Crippen molar-refractivity contribution in [1.29, 1.82) is 0 Å². The second-order valence-corrected chi connectivity index (χ2v) is 12.4. The Labute approximate surface area is 259 Å². The van der Waals surface area contributed by atoms with Crippen molar-refractivity contribution in [3.63, 3.8) is 0 Å². The molecule has 1 rings (SSSR count). The molecule has 0 radical (unpaired) electrons. The van der Waals surface area contributed by atoms with Crippen molar-refractivity contribution >= 4 is 35.6 Å². The Balaban J connectivity index is 3.86. The Morgan fingerprint density at radius 1 is 0.568 bits per heavy atom. The maximum atomic E-state index is 13.8. The minimum absolute atomic E-state index is 0.443. The molecule has 14 heteroatoms. The number of esters is 3. The highest BCUT2D eigenvalue weighted by molar-refractivity contribution is 5.94. The third-order valence-electron chi connectivity index (χ3n) is 7.99. The Bertz CT molecular complexity index is 1040. The number of rotatable bonds is 7. The number of likely N-dealkylation sites (N-methyl/N-ethyl adjacent to an activating group) is 3. The van der Waals surface area contributed by atoms with Crippen LogP contribution >= 0.6 is 0 Å². The van der Waals surface area contributed by atoms with E-state index >= 15 is 0 Å². The molecule has 14 nitrogen and oxygen atoms in total. The summed E-state index contributed by atoms with van der Waals surface area (Å²) < 4.78 is 16.7. The Morgan fingerprint density at radius 3 is 1.14 bits per heavy atom. The van der Waals surface area contributed by atoms with Crippen LogP contribution in [0.4, 0.5) is 0 Å². The van der Waals surface area contributed by atoms with Gasteiger partial charge in [0.15, 0.2) is 30.4 Å². The number of carbonyl (C=O) groups excluding carboxylic acids is 6. The smallest absolute Gasteiger partial charge is 0.332 e. The summed E-state index contributed by atoms with van der Waals surface area (Å²) in [6.07, 6.45) is -3.84. The number of cyclic esters (lactones) is 3. The quantitative estimate of drug-likeness (QED) is 0.290. The van der Waals surface area contributed by atoms with Gasteiger partial charge in [-0.25, -0.2) is 14.4 Å². The molecule has 1 fully saturated rings. The van der Waals surface area contributed by atoms with Crippen molar-refractivity contribution in [2.24, 2.45) is 23.7 Å². The first kappa shape index (κ1) is 38.8. The summed E-state index contributed by atoms with van der Waals surface area (Å²) in [4.78, 5) is 84.0. The first-order chi connectivity index (χ1) is 20.4. The Kier molecular flexibility index (Phi) is 14.7. The molecule has 0 aromatic rings. The van der Waals surface area contributed by atoms with E-state index in [-0.39, 0.29) is 0 Å². The molecule has 44 heavy (non-hydrogen) atoms. The average Bonchev–Trinajstić information content (AvgIpc) is 2.95. The maximum Gasteiger partial charge on any atom is 0.332 e. The number of aliphatic hydroxyl groups is 2. The van der Waals surface area contributed by atoms with Crippen molar-refractivity contribution in [3.05, 3.63) is 0 Å². The SMILES string of the molecule is CC[C@H](C)[C@H]1C(=O)O[C@H](C(C)C)C(=O)N(C)[C@@H](CO)C(=O)O[C@H](C(C)C)C(=O)N(C)[C@@H](CO)C(=O)O[C@H](C(C)C)C(=O)N1C. The van der Waals surface area contributed by atoms with Crippen LogP contribution < -0.4 is 0 Å². The fourth-order valence-electron chi connectivity index (χ4n) is 4.77. The van der Waals surface area contributed by atoms with Crippen molar-refractivity contribution in [2.45, 2.75) is 98.2 Å². The summed E-state index contributed by atoms with van der Waals surface area (Å²) in [5.41, 5.74) is 0. The van der Waals surface area contributed by atoms with Gasteiger partial charge >= 0.3 is 17.9 Å². The van der Waals surface area contributed by atoms with Gasteiger partial charge in [0, 0.05) is 21.1 Å². The number of amides is 3. The fourth-order valence-corrected chi connectivity index (χ4v) is 4.77. The summed E-state index contributed by atoms with van der Waals surface area (Å²) in [7, 11) is 3.81. The van der Waals surface area contributed by atoms with Gasteiger partial charge in [0.1, 0.15) is 6.04 Å². The molecule has 1 saturated heterocycles. The van der Waals surface area contributed by atoms with Gasteiger partial charge in [0.25, 0.3) is 17.7 Å². The first-order valence-electron chi connectivity index (χ1n) is 15.0. The van der Waals surface area contributed by atoms with Crippen LogP contribution in [0.15, 0.2) is 0 Å². The number of aliphatic hydroxyl groups excluding tert-OH is 2. The van der Waals surface area contributed by atoms with E-state index in [1.807, 2.05) is 0 Å². The van der Waals surface area contributed by atoms with Crippen molar-refractivity contribution in [1.82, 2.24) is 14.7 Å². The van der Waals surface area contributed by atoms with Crippen LogP contribution in [-0.2, 0) is 43.0 Å². The number of hydrogen-bond donors (Lipinski definition) is 2. The lowest BCUT2D eigenvalue weighted by molar-refractivity contribution is -0.181. The summed E-state index contributed by atoms with van der Waals surface area (Å²) in [6, 6.07) is -4.32. The molecule has 0 bridgehead atoms. The average molecular weight is 630 g/mol. The molecular formula is C30H51N3O11. The highest BCUT2D eigenvalue weighted by atomic mass is 16.6. The summed E-state index contributed by atoms with van der Waals surface area (Å²) in [5, 5.41) is 20.2. The molecule has 0 aliphatic carbocycles. The van der Waals surface area contributed by atoms with Gasteiger partial charge in [-0.2, -0.15) is 0 Å². The van der Waals surface area contributed by atoms with E-state index in [1.165, 1.54) is 21.1 Å². The van der Waals surface area contributed by atoms with Crippen LogP contribution in [0, 0.1) is 23.7 Å². The molecule has 0 spiro atoms. The van der Waals surface area contributed by atoms with E-state index < -0.39 is 109 Å². The second kappa shape index (κ2) is 16.7. The van der Waals surface area contributed by atoms with Crippen LogP contribution in [0.1, 0.15) is 61.8 Å². The molecule has 1 aliphatic rings. The van der Waals surface area contributed by atoms with E-state index in [2.05, 4.69) is 0 Å². The Morgan fingerprint density at radius 2 is 0.864 bits per heavy atom. The summed E-state index contributed by atoms with van der Waals surface area (Å²) >= 11 is 0. The van der Waals surface area contributed by atoms with Crippen LogP contribution in [0.5, 0.6) is 0 Å². The predicted octanol–water partition coefficient (Wildman–Crippen LogP) is 0.215. The van der Waals surface area contributed by atoms with Crippen LogP contribution in [0.3, 0.4) is 0 Å². The normalized spacial score (nSPS) is 28.2. The van der Waals surface area contributed by atoms with E-state index in [0.29, 0.717) is 6.42 Å². The molecule has 3 amide bonds. The van der Waals surface area contributed by atoms with Crippen molar-refractivity contribution < 1.29 is 53.2 Å². The van der Waals surface area contributed by atoms with Gasteiger partial charge in [0.05, 0.1) is 13.2 Å². The van der Waals surface area contributed by atoms with Crippen molar-refractivity contribution in [3.8, 4) is 0 Å². The molecule has 0 saturated carbocycles. The zero-order chi connectivity index (χ0) is 34.2. The fraction of sp³-hybridized carbons (Fsp3) is 0.800. The van der Waals surface area contributed by atoms with E-state index in [1.54, 1.807) is 55.4 Å². The van der Waals surface area contributed by atoms with Crippen LogP contribution in [0.25, 0.3) is 0 Å². The Hall–Kier alpha value is -3.26. The summed E-state index contributed by atoms with van der Waals surface area (Å²) in [5.74, 6) is -7.69. The van der Waals surface area contributed by atoms with E-state index in [4.69, 9.17) is 14.2 Å². The van der Waals surface area contributed by atoms with Crippen LogP contribution in [0.2, 0.25) is 0 Å². The summed E-state index contributed by atoms with van der Waals surface area (Å²) in [6.45, 7) is 11.5.